The van der Waals surface area contributed by atoms with Crippen LogP contribution in [-0.4, -0.2) is 10.1 Å². The second-order valence-corrected chi connectivity index (χ2v) is 2.35. The molecule has 0 radical (unpaired) electrons. The van der Waals surface area contributed by atoms with E-state index in [1.807, 2.05) is 18.2 Å². The molecule has 2 aromatic rings. The summed E-state index contributed by atoms with van der Waals surface area (Å²) in [6.45, 7) is 0. The number of hydrogen-bond acceptors (Lipinski definition) is 2. The van der Waals surface area contributed by atoms with Gasteiger partial charge in [0.2, 0.25) is 0 Å². The maximum Gasteiger partial charge on any atom is 0.141 e. The number of fused-ring (bicyclic) bond motifs is 1. The zero-order valence-electron chi connectivity index (χ0n) is 5.86. The average Bonchev–Trinajstić information content (AvgIpc) is 2.06. The van der Waals surface area contributed by atoms with Gasteiger partial charge in [0.05, 0.1) is 0 Å². The van der Waals surface area contributed by atoms with Crippen LogP contribution in [0.15, 0.2) is 36.5 Å². The van der Waals surface area contributed by atoms with Crippen molar-refractivity contribution in [3.63, 3.8) is 0 Å². The Morgan fingerprint density at radius 1 is 1.08 bits per heavy atom. The van der Waals surface area contributed by atoms with Gasteiger partial charge in [-0.2, -0.15) is 0 Å². The molecule has 12 heavy (non-hydrogen) atoms. The van der Waals surface area contributed by atoms with Crippen molar-refractivity contribution < 1.29 is 5.11 Å². The van der Waals surface area contributed by atoms with Gasteiger partial charge >= 0.3 is 0 Å². The lowest BCUT2D eigenvalue weighted by molar-refractivity contribution is 0.480. The quantitative estimate of drug-likeness (QED) is 0.644. The van der Waals surface area contributed by atoms with Gasteiger partial charge in [-0.1, -0.05) is 25.6 Å². The third-order valence-electron chi connectivity index (χ3n) is 1.61. The Bertz CT molecular complexity index is 379. The Hall–Kier alpha value is -1.57. The normalized spacial score (nSPS) is 9.33. The number of nitrogens with zero attached hydrogens (tertiary/aromatic N) is 1. The molecule has 62 valence electrons. The summed E-state index contributed by atoms with van der Waals surface area (Å²) in [4.78, 5) is 4.03. The first-order chi connectivity index (χ1) is 5.38. The van der Waals surface area contributed by atoms with Crippen LogP contribution in [0.25, 0.3) is 10.9 Å². The summed E-state index contributed by atoms with van der Waals surface area (Å²) in [7, 11) is 0. The summed E-state index contributed by atoms with van der Waals surface area (Å²) >= 11 is 0. The Morgan fingerprint density at radius 3 is 2.58 bits per heavy atom. The molecule has 1 heterocycles. The Labute approximate surface area is 71.5 Å². The van der Waals surface area contributed by atoms with Crippen LogP contribution in [0.1, 0.15) is 7.43 Å². The van der Waals surface area contributed by atoms with Crippen LogP contribution < -0.4 is 0 Å². The molecule has 1 aromatic carbocycles. The Morgan fingerprint density at radius 2 is 1.83 bits per heavy atom. The summed E-state index contributed by atoms with van der Waals surface area (Å²) < 4.78 is 0. The number of benzene rings is 1. The lowest BCUT2D eigenvalue weighted by Gasteiger charge is -1.96. The van der Waals surface area contributed by atoms with Crippen LogP contribution in [0.3, 0.4) is 0 Å². The van der Waals surface area contributed by atoms with Crippen molar-refractivity contribution in [2.24, 2.45) is 0 Å². The number of phenols is 1. The fraction of sp³-hybridized carbons (Fsp3) is 0.100. The van der Waals surface area contributed by atoms with Crippen molar-refractivity contribution in [1.82, 2.24) is 4.98 Å². The van der Waals surface area contributed by atoms with Gasteiger partial charge in [0.1, 0.15) is 11.3 Å². The van der Waals surface area contributed by atoms with E-state index >= 15 is 0 Å². The van der Waals surface area contributed by atoms with E-state index in [2.05, 4.69) is 4.98 Å². The molecule has 0 bridgehead atoms. The van der Waals surface area contributed by atoms with E-state index in [4.69, 9.17) is 0 Å². The highest BCUT2D eigenvalue weighted by Crippen LogP contribution is 2.20. The summed E-state index contributed by atoms with van der Waals surface area (Å²) in [6, 6.07) is 9.13. The number of aromatic nitrogens is 1. The highest BCUT2D eigenvalue weighted by atomic mass is 16.3. The van der Waals surface area contributed by atoms with Gasteiger partial charge < -0.3 is 5.11 Å². The Balaban J connectivity index is 0.000000720. The molecule has 1 N–H and O–H groups in total. The monoisotopic (exact) mass is 161 g/mol. The molecular formula is C10H11NO. The van der Waals surface area contributed by atoms with Crippen LogP contribution in [0, 0.1) is 0 Å². The van der Waals surface area contributed by atoms with Crippen LogP contribution >= 0.6 is 0 Å². The van der Waals surface area contributed by atoms with Gasteiger partial charge in [-0.3, -0.25) is 4.98 Å². The molecule has 0 fully saturated rings. The first kappa shape index (κ1) is 8.53. The molecule has 2 rings (SSSR count). The molecule has 0 saturated carbocycles. The minimum atomic E-state index is 0. The maximum atomic E-state index is 9.31. The fourth-order valence-electron chi connectivity index (χ4n) is 1.09. The minimum Gasteiger partial charge on any atom is -0.506 e. The van der Waals surface area contributed by atoms with E-state index < -0.39 is 0 Å². The highest BCUT2D eigenvalue weighted by Gasteiger charge is 1.96. The van der Waals surface area contributed by atoms with Crippen molar-refractivity contribution in [1.29, 1.82) is 0 Å². The lowest BCUT2D eigenvalue weighted by atomic mass is 10.2. The van der Waals surface area contributed by atoms with Crippen LogP contribution in [0.4, 0.5) is 0 Å². The molecule has 2 heteroatoms. The van der Waals surface area contributed by atoms with Crippen LogP contribution in [0.2, 0.25) is 0 Å². The molecule has 0 amide bonds. The number of phenolic OH excluding ortho intramolecular Hbond substituents is 1. The third-order valence-corrected chi connectivity index (χ3v) is 1.61. The first-order valence-electron chi connectivity index (χ1n) is 3.40. The van der Waals surface area contributed by atoms with E-state index in [9.17, 15) is 5.11 Å². The fourth-order valence-corrected chi connectivity index (χ4v) is 1.09. The molecular weight excluding hydrogens is 150 g/mol. The number of pyridine rings is 1. The van der Waals surface area contributed by atoms with Gasteiger partial charge in [0.25, 0.3) is 0 Å². The van der Waals surface area contributed by atoms with E-state index in [0.29, 0.717) is 5.52 Å². The van der Waals surface area contributed by atoms with Gasteiger partial charge in [-0.15, -0.1) is 0 Å². The van der Waals surface area contributed by atoms with E-state index in [1.165, 1.54) is 0 Å². The summed E-state index contributed by atoms with van der Waals surface area (Å²) in [5.41, 5.74) is 0.662. The number of aromatic hydroxyl groups is 1. The van der Waals surface area contributed by atoms with Crippen LogP contribution in [0.5, 0.6) is 5.75 Å². The zero-order valence-corrected chi connectivity index (χ0v) is 5.86. The zero-order chi connectivity index (χ0) is 7.68. The van der Waals surface area contributed by atoms with Gasteiger partial charge in [0.15, 0.2) is 0 Å². The van der Waals surface area contributed by atoms with Crippen molar-refractivity contribution in [2.75, 3.05) is 0 Å². The highest BCUT2D eigenvalue weighted by molar-refractivity contribution is 5.83. The minimum absolute atomic E-state index is 0. The number of rotatable bonds is 0. The molecule has 2 nitrogen and oxygen atoms in total. The van der Waals surface area contributed by atoms with Crippen molar-refractivity contribution >= 4 is 10.9 Å². The average molecular weight is 161 g/mol. The second-order valence-electron chi connectivity index (χ2n) is 2.35. The van der Waals surface area contributed by atoms with Gasteiger partial charge in [-0.05, 0) is 12.1 Å². The molecule has 0 aliphatic rings. The smallest absolute Gasteiger partial charge is 0.141 e. The lowest BCUT2D eigenvalue weighted by Crippen LogP contribution is -1.76. The second kappa shape index (κ2) is 3.22. The summed E-state index contributed by atoms with van der Waals surface area (Å²) in [5.74, 6) is 0.239. The number of para-hydroxylation sites is 1. The molecule has 1 aromatic heterocycles. The predicted octanol–water partition coefficient (Wildman–Crippen LogP) is 2.58. The van der Waals surface area contributed by atoms with E-state index in [1.54, 1.807) is 18.3 Å². The van der Waals surface area contributed by atoms with Crippen LogP contribution in [-0.2, 0) is 0 Å². The summed E-state index contributed by atoms with van der Waals surface area (Å²) in [6.07, 6.45) is 1.67. The molecule has 0 aliphatic carbocycles. The number of hydrogen-bond donors (Lipinski definition) is 1. The van der Waals surface area contributed by atoms with Crippen molar-refractivity contribution in [3.05, 3.63) is 36.5 Å². The third kappa shape index (κ3) is 1.23. The first-order valence-corrected chi connectivity index (χ1v) is 3.40. The van der Waals surface area contributed by atoms with Gasteiger partial charge in [-0.25, -0.2) is 0 Å². The standard InChI is InChI=1S/C9H7NO.CH4/c11-8-5-1-3-7-4-2-6-10-9(7)8;/h1-6,11H;1H4. The predicted molar refractivity (Wildman–Crippen MR) is 50.1 cm³/mol. The van der Waals surface area contributed by atoms with E-state index in [0.717, 1.165) is 5.39 Å². The maximum absolute atomic E-state index is 9.31. The van der Waals surface area contributed by atoms with Crippen molar-refractivity contribution in [2.45, 2.75) is 7.43 Å². The van der Waals surface area contributed by atoms with Crippen molar-refractivity contribution in [3.8, 4) is 5.75 Å². The molecule has 0 saturated heterocycles. The van der Waals surface area contributed by atoms with E-state index in [-0.39, 0.29) is 13.2 Å². The molecule has 0 unspecified atom stereocenters. The Kier molecular flexibility index (Phi) is 2.29. The molecule has 0 spiro atoms. The SMILES string of the molecule is C.Oc1cccc2cccnc12. The molecule has 0 aliphatic heterocycles. The summed E-state index contributed by atoms with van der Waals surface area (Å²) in [5, 5.41) is 10.3. The van der Waals surface area contributed by atoms with Gasteiger partial charge in [0, 0.05) is 11.6 Å². The largest absolute Gasteiger partial charge is 0.506 e. The topological polar surface area (TPSA) is 33.1 Å². The molecule has 0 atom stereocenters.